The summed E-state index contributed by atoms with van der Waals surface area (Å²) in [7, 11) is 1.68. The maximum absolute atomic E-state index is 14.4. The summed E-state index contributed by atoms with van der Waals surface area (Å²) in [6.07, 6.45) is 0. The molecule has 1 aliphatic rings. The van der Waals surface area contributed by atoms with Crippen molar-refractivity contribution in [3.05, 3.63) is 75.4 Å². The van der Waals surface area contributed by atoms with Crippen LogP contribution in [-0.2, 0) is 7.05 Å². The van der Waals surface area contributed by atoms with E-state index in [1.54, 1.807) is 25.2 Å². The topological polar surface area (TPSA) is 45.7 Å². The lowest BCUT2D eigenvalue weighted by molar-refractivity contribution is 0.115. The van der Waals surface area contributed by atoms with Crippen molar-refractivity contribution in [2.24, 2.45) is 7.05 Å². The zero-order valence-corrected chi connectivity index (χ0v) is 18.5. The van der Waals surface area contributed by atoms with Crippen LogP contribution in [0.1, 0.15) is 32.4 Å². The van der Waals surface area contributed by atoms with Gasteiger partial charge in [-0.1, -0.05) is 12.6 Å². The maximum atomic E-state index is 14.4. The van der Waals surface area contributed by atoms with Crippen LogP contribution in [0, 0.1) is 18.2 Å². The molecule has 0 N–H and O–H groups in total. The van der Waals surface area contributed by atoms with Gasteiger partial charge in [0, 0.05) is 49.9 Å². The minimum Gasteiger partial charge on any atom is -0.362 e. The first-order valence-electron chi connectivity index (χ1n) is 10.6. The Balaban J connectivity index is 1.72. The molecule has 1 fully saturated rings. The Morgan fingerprint density at radius 2 is 1.81 bits per heavy atom. The molecule has 0 aliphatic carbocycles. The van der Waals surface area contributed by atoms with Crippen molar-refractivity contribution in [3.63, 3.8) is 0 Å². The van der Waals surface area contributed by atoms with Crippen LogP contribution in [0.3, 0.4) is 0 Å². The molecule has 1 unspecified atom stereocenters. The highest BCUT2D eigenvalue weighted by Gasteiger charge is 2.35. The van der Waals surface area contributed by atoms with Crippen molar-refractivity contribution in [1.82, 2.24) is 14.5 Å². The van der Waals surface area contributed by atoms with E-state index in [-0.39, 0.29) is 29.0 Å². The highest BCUT2D eigenvalue weighted by Crippen LogP contribution is 2.34. The van der Waals surface area contributed by atoms with Crippen LogP contribution in [0.4, 0.5) is 20.3 Å². The lowest BCUT2D eigenvalue weighted by atomic mass is 9.99. The molecule has 0 saturated carbocycles. The molecule has 0 amide bonds. The predicted molar refractivity (Wildman–Crippen MR) is 121 cm³/mol. The van der Waals surface area contributed by atoms with E-state index in [4.69, 9.17) is 6.57 Å². The molecular formula is C24H25F2N5O. The van der Waals surface area contributed by atoms with Crippen molar-refractivity contribution in [2.75, 3.05) is 18.0 Å². The molecule has 2 aromatic heterocycles. The zero-order valence-electron chi connectivity index (χ0n) is 18.5. The third kappa shape index (κ3) is 3.63. The molecular weight excluding hydrogens is 412 g/mol. The molecule has 1 aromatic carbocycles. The second-order valence-corrected chi connectivity index (χ2v) is 8.43. The number of rotatable bonds is 3. The average Bonchev–Trinajstić information content (AvgIpc) is 2.77. The number of anilines is 1. The smallest absolute Gasteiger partial charge is 0.270 e. The first-order chi connectivity index (χ1) is 15.2. The fourth-order valence-electron chi connectivity index (χ4n) is 4.69. The number of halogens is 2. The lowest BCUT2D eigenvalue weighted by Crippen LogP contribution is -2.57. The van der Waals surface area contributed by atoms with Crippen LogP contribution in [0.2, 0.25) is 0 Å². The number of aromatic nitrogens is 2. The van der Waals surface area contributed by atoms with Gasteiger partial charge < -0.3 is 14.3 Å². The van der Waals surface area contributed by atoms with Gasteiger partial charge >= 0.3 is 0 Å². The summed E-state index contributed by atoms with van der Waals surface area (Å²) in [5.41, 5.74) is 1.85. The highest BCUT2D eigenvalue weighted by molar-refractivity contribution is 5.89. The van der Waals surface area contributed by atoms with Gasteiger partial charge in [0.2, 0.25) is 5.52 Å². The molecule has 8 heteroatoms. The van der Waals surface area contributed by atoms with Crippen LogP contribution < -0.4 is 10.5 Å². The highest BCUT2D eigenvalue weighted by atomic mass is 19.1. The van der Waals surface area contributed by atoms with E-state index in [2.05, 4.69) is 19.6 Å². The Bertz CT molecular complexity index is 1260. The zero-order chi connectivity index (χ0) is 23.2. The van der Waals surface area contributed by atoms with Crippen LogP contribution >= 0.6 is 0 Å². The Morgan fingerprint density at radius 3 is 2.47 bits per heavy atom. The second-order valence-electron chi connectivity index (χ2n) is 8.43. The molecule has 166 valence electrons. The van der Waals surface area contributed by atoms with Crippen LogP contribution in [0.25, 0.3) is 15.9 Å². The largest absolute Gasteiger partial charge is 0.362 e. The van der Waals surface area contributed by atoms with Gasteiger partial charge in [-0.25, -0.2) is 8.78 Å². The summed E-state index contributed by atoms with van der Waals surface area (Å²) in [6, 6.07) is 8.32. The van der Waals surface area contributed by atoms with Crippen LogP contribution in [0.15, 0.2) is 41.2 Å². The third-order valence-electron chi connectivity index (χ3n) is 6.43. The summed E-state index contributed by atoms with van der Waals surface area (Å²) in [5, 5.41) is 0. The van der Waals surface area contributed by atoms with Crippen molar-refractivity contribution in [2.45, 2.75) is 38.9 Å². The monoisotopic (exact) mass is 437 g/mol. The van der Waals surface area contributed by atoms with Gasteiger partial charge in [-0.05, 0) is 45.0 Å². The Hall–Kier alpha value is -3.31. The van der Waals surface area contributed by atoms with Gasteiger partial charge in [-0.2, -0.15) is 0 Å². The van der Waals surface area contributed by atoms with Crippen LogP contribution in [-0.4, -0.2) is 39.6 Å². The Morgan fingerprint density at radius 1 is 1.12 bits per heavy atom. The normalized spacial score (nSPS) is 20.3. The maximum Gasteiger partial charge on any atom is 0.270 e. The van der Waals surface area contributed by atoms with Crippen LogP contribution in [0.5, 0.6) is 0 Å². The standard InChI is InChI=1S/C24H25F2N5O/c1-14-13-31(15(2)12-30(14)16(3)23-17(25)7-6-8-18(23)26)20-11-22(32)29(5)19-9-10-21(27-4)28-24(19)20/h6-11,14-16H,12-13H2,1-3,5H3/t14-,15+,16?/m1/s1. The average molecular weight is 437 g/mol. The number of aryl methyl sites for hydroxylation is 1. The number of nitrogens with zero attached hydrogens (tertiary/aromatic N) is 5. The van der Waals surface area contributed by atoms with Crippen molar-refractivity contribution in [3.8, 4) is 0 Å². The summed E-state index contributed by atoms with van der Waals surface area (Å²) in [6.45, 7) is 14.2. The first kappa shape index (κ1) is 21.9. The minimum absolute atomic E-state index is 0.0386. The molecule has 4 rings (SSSR count). The lowest BCUT2D eigenvalue weighted by Gasteiger charge is -2.47. The summed E-state index contributed by atoms with van der Waals surface area (Å²) < 4.78 is 30.3. The molecule has 3 heterocycles. The van der Waals surface area contributed by atoms with Gasteiger partial charge in [0.25, 0.3) is 11.4 Å². The molecule has 0 spiro atoms. The first-order valence-corrected chi connectivity index (χ1v) is 10.6. The van der Waals surface area contributed by atoms with Crippen molar-refractivity contribution < 1.29 is 8.78 Å². The summed E-state index contributed by atoms with van der Waals surface area (Å²) >= 11 is 0. The van der Waals surface area contributed by atoms with Gasteiger partial charge in [0.15, 0.2) is 0 Å². The predicted octanol–water partition coefficient (Wildman–Crippen LogP) is 4.42. The molecule has 3 atom stereocenters. The van der Waals surface area contributed by atoms with Crippen molar-refractivity contribution in [1.29, 1.82) is 0 Å². The quantitative estimate of drug-likeness (QED) is 0.569. The van der Waals surface area contributed by atoms with E-state index >= 15 is 0 Å². The van der Waals surface area contributed by atoms with E-state index in [1.165, 1.54) is 22.8 Å². The molecule has 1 saturated heterocycles. The fraction of sp³-hybridized carbons (Fsp3) is 0.375. The number of benzene rings is 1. The molecule has 32 heavy (non-hydrogen) atoms. The fourth-order valence-corrected chi connectivity index (χ4v) is 4.69. The van der Waals surface area contributed by atoms with E-state index in [0.717, 1.165) is 0 Å². The summed E-state index contributed by atoms with van der Waals surface area (Å²) in [5.74, 6) is -0.832. The van der Waals surface area contributed by atoms with E-state index in [9.17, 15) is 13.6 Å². The number of piperazine rings is 1. The van der Waals surface area contributed by atoms with Gasteiger partial charge in [0.05, 0.1) is 11.2 Å². The molecule has 3 aromatic rings. The minimum atomic E-state index is -0.548. The van der Waals surface area contributed by atoms with Gasteiger partial charge in [-0.15, -0.1) is 4.98 Å². The number of hydrogen-bond acceptors (Lipinski definition) is 4. The second kappa shape index (κ2) is 8.32. The van der Waals surface area contributed by atoms with Gasteiger partial charge in [0.1, 0.15) is 11.6 Å². The van der Waals surface area contributed by atoms with E-state index < -0.39 is 17.7 Å². The third-order valence-corrected chi connectivity index (χ3v) is 6.43. The number of pyridine rings is 2. The number of hydrogen-bond donors (Lipinski definition) is 0. The molecule has 0 radical (unpaired) electrons. The Kier molecular flexibility index (Phi) is 5.70. The SMILES string of the molecule is [C-]#[N+]c1ccc2c(n1)c(N1C[C@@H](C)N(C(C)c3c(F)cccc3F)C[C@@H]1C)cc(=O)n2C. The Labute approximate surface area is 185 Å². The molecule has 0 bridgehead atoms. The molecule has 6 nitrogen and oxygen atoms in total. The van der Waals surface area contributed by atoms with Gasteiger partial charge in [-0.3, -0.25) is 9.69 Å². The molecule has 1 aliphatic heterocycles. The summed E-state index contributed by atoms with van der Waals surface area (Å²) in [4.78, 5) is 24.7. The number of fused-ring (bicyclic) bond motifs is 1. The van der Waals surface area contributed by atoms with Crippen molar-refractivity contribution >= 4 is 22.5 Å². The van der Waals surface area contributed by atoms with E-state index in [0.29, 0.717) is 29.8 Å². The van der Waals surface area contributed by atoms with E-state index in [1.807, 2.05) is 20.8 Å².